The Kier molecular flexibility index (Phi) is 4.79. The van der Waals surface area contributed by atoms with Crippen LogP contribution in [-0.4, -0.2) is 30.8 Å². The minimum atomic E-state index is -0.406. The van der Waals surface area contributed by atoms with Crippen molar-refractivity contribution in [3.05, 3.63) is 28.3 Å². The molecule has 1 saturated heterocycles. The van der Waals surface area contributed by atoms with E-state index in [0.29, 0.717) is 17.4 Å². The maximum atomic E-state index is 11.0. The van der Waals surface area contributed by atoms with Crippen molar-refractivity contribution in [3.63, 3.8) is 0 Å². The number of benzene rings is 1. The van der Waals surface area contributed by atoms with Gasteiger partial charge in [0.1, 0.15) is 5.75 Å². The Balaban J connectivity index is 2.08. The number of non-ortho nitro benzene ring substituents is 1. The van der Waals surface area contributed by atoms with Gasteiger partial charge in [0, 0.05) is 36.9 Å². The first kappa shape index (κ1) is 14.6. The first-order chi connectivity index (χ1) is 9.54. The van der Waals surface area contributed by atoms with Gasteiger partial charge in [-0.2, -0.15) is 0 Å². The molecule has 1 aromatic carbocycles. The van der Waals surface area contributed by atoms with Gasteiger partial charge in [-0.25, -0.2) is 0 Å². The summed E-state index contributed by atoms with van der Waals surface area (Å²) in [6.07, 6.45) is 1.00. The van der Waals surface area contributed by atoms with Crippen molar-refractivity contribution in [1.29, 1.82) is 0 Å². The molecule has 1 unspecified atom stereocenters. The van der Waals surface area contributed by atoms with Crippen LogP contribution in [0, 0.1) is 16.0 Å². The van der Waals surface area contributed by atoms with Gasteiger partial charge in [-0.1, -0.05) is 0 Å². The van der Waals surface area contributed by atoms with Crippen LogP contribution in [0.1, 0.15) is 20.3 Å². The van der Waals surface area contributed by atoms with Gasteiger partial charge >= 0.3 is 0 Å². The number of hydrogen-bond donors (Lipinski definition) is 1. The largest absolute Gasteiger partial charge is 0.491 e. The van der Waals surface area contributed by atoms with E-state index in [2.05, 4.69) is 5.32 Å². The van der Waals surface area contributed by atoms with Gasteiger partial charge in [0.25, 0.3) is 5.69 Å². The van der Waals surface area contributed by atoms with Crippen molar-refractivity contribution in [2.45, 2.75) is 26.4 Å². The zero-order valence-electron chi connectivity index (χ0n) is 11.8. The highest BCUT2D eigenvalue weighted by Gasteiger charge is 2.16. The fraction of sp³-hybridized carbons (Fsp3) is 0.571. The Hall–Kier alpha value is -1.82. The molecule has 110 valence electrons. The maximum Gasteiger partial charge on any atom is 0.275 e. The third-order valence-electron chi connectivity index (χ3n) is 3.09. The average Bonchev–Trinajstić information content (AvgIpc) is 2.88. The van der Waals surface area contributed by atoms with E-state index in [1.165, 1.54) is 12.1 Å². The number of nitrogens with zero attached hydrogens (tertiary/aromatic N) is 1. The Morgan fingerprint density at radius 2 is 2.30 bits per heavy atom. The van der Waals surface area contributed by atoms with E-state index in [-0.39, 0.29) is 11.8 Å². The summed E-state index contributed by atoms with van der Waals surface area (Å²) in [7, 11) is 0. The standard InChI is InChI=1S/C14H20N2O4/c1-10(2)20-14-6-12(5-13(7-14)16(17)18)15-8-11-3-4-19-9-11/h5-7,10-11,15H,3-4,8-9H2,1-2H3. The van der Waals surface area contributed by atoms with Crippen LogP contribution in [0.3, 0.4) is 0 Å². The summed E-state index contributed by atoms with van der Waals surface area (Å²) in [5.41, 5.74) is 0.745. The lowest BCUT2D eigenvalue weighted by Gasteiger charge is -2.14. The van der Waals surface area contributed by atoms with Crippen LogP contribution in [0.25, 0.3) is 0 Å². The minimum Gasteiger partial charge on any atom is -0.491 e. The molecule has 6 heteroatoms. The number of nitro benzene ring substituents is 1. The molecule has 1 aromatic rings. The summed E-state index contributed by atoms with van der Waals surface area (Å²) in [5, 5.41) is 14.2. The molecular formula is C14H20N2O4. The van der Waals surface area contributed by atoms with E-state index in [1.807, 2.05) is 13.8 Å². The molecule has 6 nitrogen and oxygen atoms in total. The molecule has 0 aromatic heterocycles. The third kappa shape index (κ3) is 4.09. The molecule has 0 aliphatic carbocycles. The first-order valence-corrected chi connectivity index (χ1v) is 6.82. The Labute approximate surface area is 118 Å². The molecule has 1 heterocycles. The Morgan fingerprint density at radius 1 is 1.50 bits per heavy atom. The average molecular weight is 280 g/mol. The molecule has 0 spiro atoms. The molecule has 2 rings (SSSR count). The van der Waals surface area contributed by atoms with E-state index in [4.69, 9.17) is 9.47 Å². The van der Waals surface area contributed by atoms with Crippen molar-refractivity contribution in [3.8, 4) is 5.75 Å². The lowest BCUT2D eigenvalue weighted by Crippen LogP contribution is -2.14. The van der Waals surface area contributed by atoms with Crippen LogP contribution in [0.15, 0.2) is 18.2 Å². The van der Waals surface area contributed by atoms with Crippen molar-refractivity contribution in [2.24, 2.45) is 5.92 Å². The van der Waals surface area contributed by atoms with Crippen molar-refractivity contribution in [1.82, 2.24) is 0 Å². The number of nitro groups is 1. The van der Waals surface area contributed by atoms with Crippen LogP contribution in [-0.2, 0) is 4.74 Å². The molecule has 1 fully saturated rings. The molecular weight excluding hydrogens is 260 g/mol. The summed E-state index contributed by atoms with van der Waals surface area (Å²) < 4.78 is 10.9. The fourth-order valence-corrected chi connectivity index (χ4v) is 2.14. The molecule has 0 bridgehead atoms. The number of hydrogen-bond acceptors (Lipinski definition) is 5. The second-order valence-corrected chi connectivity index (χ2v) is 5.25. The summed E-state index contributed by atoms with van der Waals surface area (Å²) >= 11 is 0. The number of ether oxygens (including phenoxy) is 2. The van der Waals surface area contributed by atoms with E-state index >= 15 is 0 Å². The summed E-state index contributed by atoms with van der Waals surface area (Å²) in [6, 6.07) is 4.77. The van der Waals surface area contributed by atoms with Crippen LogP contribution in [0.2, 0.25) is 0 Å². The predicted octanol–water partition coefficient (Wildman–Crippen LogP) is 2.83. The topological polar surface area (TPSA) is 73.6 Å². The van der Waals surface area contributed by atoms with Gasteiger partial charge in [0.15, 0.2) is 0 Å². The number of nitrogens with one attached hydrogen (secondary N) is 1. The quantitative estimate of drug-likeness (QED) is 0.640. The smallest absolute Gasteiger partial charge is 0.275 e. The van der Waals surface area contributed by atoms with Gasteiger partial charge in [-0.05, 0) is 20.3 Å². The van der Waals surface area contributed by atoms with Gasteiger partial charge < -0.3 is 14.8 Å². The van der Waals surface area contributed by atoms with E-state index in [1.54, 1.807) is 6.07 Å². The first-order valence-electron chi connectivity index (χ1n) is 6.82. The predicted molar refractivity (Wildman–Crippen MR) is 76.3 cm³/mol. The zero-order valence-corrected chi connectivity index (χ0v) is 11.8. The molecule has 1 N–H and O–H groups in total. The minimum absolute atomic E-state index is 0.0203. The molecule has 0 amide bonds. The van der Waals surface area contributed by atoms with Crippen molar-refractivity contribution < 1.29 is 14.4 Å². The summed E-state index contributed by atoms with van der Waals surface area (Å²) in [4.78, 5) is 10.5. The number of rotatable bonds is 6. The molecule has 0 radical (unpaired) electrons. The highest BCUT2D eigenvalue weighted by molar-refractivity contribution is 5.56. The van der Waals surface area contributed by atoms with E-state index in [0.717, 1.165) is 26.2 Å². The molecule has 20 heavy (non-hydrogen) atoms. The van der Waals surface area contributed by atoms with Gasteiger partial charge in [0.05, 0.1) is 23.7 Å². The van der Waals surface area contributed by atoms with Crippen LogP contribution in [0.5, 0.6) is 5.75 Å². The highest BCUT2D eigenvalue weighted by Crippen LogP contribution is 2.27. The fourth-order valence-electron chi connectivity index (χ4n) is 2.14. The van der Waals surface area contributed by atoms with Gasteiger partial charge in [-0.15, -0.1) is 0 Å². The Bertz CT molecular complexity index is 470. The van der Waals surface area contributed by atoms with Gasteiger partial charge in [-0.3, -0.25) is 10.1 Å². The molecule has 0 saturated carbocycles. The van der Waals surface area contributed by atoms with E-state index in [9.17, 15) is 10.1 Å². The zero-order chi connectivity index (χ0) is 14.5. The normalized spacial score (nSPS) is 18.2. The Morgan fingerprint density at radius 3 is 2.90 bits per heavy atom. The monoisotopic (exact) mass is 280 g/mol. The maximum absolute atomic E-state index is 11.0. The van der Waals surface area contributed by atoms with Crippen LogP contribution >= 0.6 is 0 Å². The second kappa shape index (κ2) is 6.56. The molecule has 1 atom stereocenters. The molecule has 1 aliphatic rings. The third-order valence-corrected chi connectivity index (χ3v) is 3.09. The SMILES string of the molecule is CC(C)Oc1cc(NCC2CCOC2)cc([N+](=O)[O-])c1. The van der Waals surface area contributed by atoms with Gasteiger partial charge in [0.2, 0.25) is 0 Å². The van der Waals surface area contributed by atoms with Crippen LogP contribution < -0.4 is 10.1 Å². The van der Waals surface area contributed by atoms with E-state index < -0.39 is 4.92 Å². The lowest BCUT2D eigenvalue weighted by molar-refractivity contribution is -0.384. The lowest BCUT2D eigenvalue weighted by atomic mass is 10.1. The number of anilines is 1. The molecule has 1 aliphatic heterocycles. The summed E-state index contributed by atoms with van der Waals surface area (Å²) in [5.74, 6) is 0.975. The highest BCUT2D eigenvalue weighted by atomic mass is 16.6. The van der Waals surface area contributed by atoms with Crippen LogP contribution in [0.4, 0.5) is 11.4 Å². The summed E-state index contributed by atoms with van der Waals surface area (Å²) in [6.45, 7) is 6.08. The van der Waals surface area contributed by atoms with Crippen molar-refractivity contribution in [2.75, 3.05) is 25.1 Å². The van der Waals surface area contributed by atoms with Crippen molar-refractivity contribution >= 4 is 11.4 Å². The second-order valence-electron chi connectivity index (χ2n) is 5.25.